The van der Waals surface area contributed by atoms with Gasteiger partial charge in [-0.3, -0.25) is 0 Å². The summed E-state index contributed by atoms with van der Waals surface area (Å²) in [6, 6.07) is 16.0. The normalized spacial score (nSPS) is 11.3. The van der Waals surface area contributed by atoms with Crippen molar-refractivity contribution in [1.82, 2.24) is 0 Å². The molecule has 0 fully saturated rings. The maximum Gasteiger partial charge on any atom is 0.142 e. The monoisotopic (exact) mass is 327 g/mol. The predicted molar refractivity (Wildman–Crippen MR) is 101 cm³/mol. The minimum Gasteiger partial charge on any atom is -0.494 e. The van der Waals surface area contributed by atoms with Crippen molar-refractivity contribution in [2.45, 2.75) is 40.0 Å². The standard InChI is InChI=1S/C21H29NO2/c1-21(2,3)16-17-10-12-18(13-11-17)23-14-6-7-15-24-20-9-5-4-8-19(20)22/h4-5,8-13H,6-7,14-16,22H2,1-3H3. The molecule has 0 bridgehead atoms. The second kappa shape index (κ2) is 8.62. The Morgan fingerprint density at radius 2 is 1.46 bits per heavy atom. The number of nitrogens with two attached hydrogens (primary N) is 1. The molecule has 0 radical (unpaired) electrons. The van der Waals surface area contributed by atoms with E-state index in [1.165, 1.54) is 5.56 Å². The van der Waals surface area contributed by atoms with Crippen molar-refractivity contribution >= 4 is 5.69 Å². The highest BCUT2D eigenvalue weighted by atomic mass is 16.5. The lowest BCUT2D eigenvalue weighted by molar-refractivity contribution is 0.267. The Balaban J connectivity index is 1.63. The lowest BCUT2D eigenvalue weighted by atomic mass is 9.88. The fourth-order valence-corrected chi connectivity index (χ4v) is 2.50. The molecule has 0 aliphatic rings. The van der Waals surface area contributed by atoms with Crippen LogP contribution in [-0.2, 0) is 6.42 Å². The van der Waals surface area contributed by atoms with Crippen LogP contribution in [0, 0.1) is 5.41 Å². The fourth-order valence-electron chi connectivity index (χ4n) is 2.50. The molecule has 0 aliphatic heterocycles. The Hall–Kier alpha value is -2.16. The molecule has 0 heterocycles. The molecule has 2 rings (SSSR count). The summed E-state index contributed by atoms with van der Waals surface area (Å²) < 4.78 is 11.5. The van der Waals surface area contributed by atoms with E-state index in [0.717, 1.165) is 30.8 Å². The molecule has 0 aromatic heterocycles. The van der Waals surface area contributed by atoms with Crippen LogP contribution < -0.4 is 15.2 Å². The van der Waals surface area contributed by atoms with Crippen molar-refractivity contribution in [3.8, 4) is 11.5 Å². The lowest BCUT2D eigenvalue weighted by Crippen LogP contribution is -2.09. The van der Waals surface area contributed by atoms with Gasteiger partial charge in [0.15, 0.2) is 0 Å². The summed E-state index contributed by atoms with van der Waals surface area (Å²) >= 11 is 0. The summed E-state index contributed by atoms with van der Waals surface area (Å²) in [4.78, 5) is 0. The third kappa shape index (κ3) is 6.53. The Morgan fingerprint density at radius 3 is 2.08 bits per heavy atom. The molecule has 3 nitrogen and oxygen atoms in total. The van der Waals surface area contributed by atoms with Gasteiger partial charge in [0.05, 0.1) is 18.9 Å². The number of benzene rings is 2. The van der Waals surface area contributed by atoms with Crippen molar-refractivity contribution in [3.63, 3.8) is 0 Å². The zero-order chi connectivity index (χ0) is 17.4. The minimum atomic E-state index is 0.310. The van der Waals surface area contributed by atoms with Gasteiger partial charge in [-0.2, -0.15) is 0 Å². The van der Waals surface area contributed by atoms with Gasteiger partial charge in [-0.05, 0) is 54.5 Å². The van der Waals surface area contributed by atoms with Crippen molar-refractivity contribution in [3.05, 3.63) is 54.1 Å². The molecule has 130 valence electrons. The number of para-hydroxylation sites is 2. The SMILES string of the molecule is CC(C)(C)Cc1ccc(OCCCCOc2ccccc2N)cc1. The number of hydrogen-bond acceptors (Lipinski definition) is 3. The molecule has 0 amide bonds. The maximum absolute atomic E-state index is 5.84. The van der Waals surface area contributed by atoms with Gasteiger partial charge in [0, 0.05) is 0 Å². The second-order valence-corrected chi connectivity index (χ2v) is 7.32. The van der Waals surface area contributed by atoms with Crippen LogP contribution in [0.5, 0.6) is 11.5 Å². The number of nitrogen functional groups attached to an aromatic ring is 1. The van der Waals surface area contributed by atoms with E-state index >= 15 is 0 Å². The smallest absolute Gasteiger partial charge is 0.142 e. The Labute approximate surface area is 145 Å². The van der Waals surface area contributed by atoms with Crippen LogP contribution in [0.1, 0.15) is 39.2 Å². The highest BCUT2D eigenvalue weighted by molar-refractivity contribution is 5.51. The van der Waals surface area contributed by atoms with E-state index in [0.29, 0.717) is 24.3 Å². The fraction of sp³-hybridized carbons (Fsp3) is 0.429. The minimum absolute atomic E-state index is 0.310. The van der Waals surface area contributed by atoms with Crippen LogP contribution in [0.15, 0.2) is 48.5 Å². The summed E-state index contributed by atoms with van der Waals surface area (Å²) in [5.41, 5.74) is 8.18. The summed E-state index contributed by atoms with van der Waals surface area (Å²) in [5, 5.41) is 0. The number of anilines is 1. The van der Waals surface area contributed by atoms with Gasteiger partial charge in [0.25, 0.3) is 0 Å². The first-order valence-electron chi connectivity index (χ1n) is 8.63. The number of ether oxygens (including phenoxy) is 2. The third-order valence-corrected chi connectivity index (χ3v) is 3.64. The molecule has 0 unspecified atom stereocenters. The molecule has 2 N–H and O–H groups in total. The van der Waals surface area contributed by atoms with Crippen molar-refractivity contribution < 1.29 is 9.47 Å². The average molecular weight is 327 g/mol. The van der Waals surface area contributed by atoms with Gasteiger partial charge >= 0.3 is 0 Å². The zero-order valence-corrected chi connectivity index (χ0v) is 15.0. The van der Waals surface area contributed by atoms with Crippen LogP contribution >= 0.6 is 0 Å². The van der Waals surface area contributed by atoms with E-state index < -0.39 is 0 Å². The Bertz CT molecular complexity index is 614. The van der Waals surface area contributed by atoms with Crippen LogP contribution in [0.25, 0.3) is 0 Å². The van der Waals surface area contributed by atoms with Gasteiger partial charge in [0.1, 0.15) is 11.5 Å². The summed E-state index contributed by atoms with van der Waals surface area (Å²) in [6.07, 6.45) is 2.97. The van der Waals surface area contributed by atoms with Gasteiger partial charge < -0.3 is 15.2 Å². The predicted octanol–water partition coefficient (Wildman–Crippen LogP) is 5.10. The maximum atomic E-state index is 5.84. The summed E-state index contributed by atoms with van der Waals surface area (Å²) in [5.74, 6) is 1.69. The van der Waals surface area contributed by atoms with Gasteiger partial charge in [-0.25, -0.2) is 0 Å². The first-order valence-corrected chi connectivity index (χ1v) is 8.63. The lowest BCUT2D eigenvalue weighted by Gasteiger charge is -2.18. The molecule has 2 aromatic rings. The topological polar surface area (TPSA) is 44.5 Å². The number of unbranched alkanes of at least 4 members (excludes halogenated alkanes) is 1. The quantitative estimate of drug-likeness (QED) is 0.542. The highest BCUT2D eigenvalue weighted by Crippen LogP contribution is 2.22. The number of hydrogen-bond donors (Lipinski definition) is 1. The first kappa shape index (κ1) is 18.2. The van der Waals surface area contributed by atoms with E-state index in [1.807, 2.05) is 24.3 Å². The van der Waals surface area contributed by atoms with E-state index in [4.69, 9.17) is 15.2 Å². The average Bonchev–Trinajstić information content (AvgIpc) is 2.52. The van der Waals surface area contributed by atoms with Gasteiger partial charge in [-0.1, -0.05) is 45.0 Å². The molecule has 0 saturated carbocycles. The molecule has 0 spiro atoms. The Morgan fingerprint density at radius 1 is 0.833 bits per heavy atom. The summed E-state index contributed by atoms with van der Waals surface area (Å²) in [6.45, 7) is 8.11. The third-order valence-electron chi connectivity index (χ3n) is 3.64. The largest absolute Gasteiger partial charge is 0.494 e. The van der Waals surface area contributed by atoms with Crippen LogP contribution in [-0.4, -0.2) is 13.2 Å². The zero-order valence-electron chi connectivity index (χ0n) is 15.0. The molecule has 0 aliphatic carbocycles. The molecular formula is C21H29NO2. The van der Waals surface area contributed by atoms with E-state index in [1.54, 1.807) is 0 Å². The van der Waals surface area contributed by atoms with Gasteiger partial charge in [0.2, 0.25) is 0 Å². The summed E-state index contributed by atoms with van der Waals surface area (Å²) in [7, 11) is 0. The molecule has 0 saturated heterocycles. The first-order chi connectivity index (χ1) is 11.4. The highest BCUT2D eigenvalue weighted by Gasteiger charge is 2.10. The van der Waals surface area contributed by atoms with Crippen molar-refractivity contribution in [2.75, 3.05) is 18.9 Å². The molecular weight excluding hydrogens is 298 g/mol. The Kier molecular flexibility index (Phi) is 6.53. The van der Waals surface area contributed by atoms with Crippen LogP contribution in [0.2, 0.25) is 0 Å². The molecule has 24 heavy (non-hydrogen) atoms. The molecule has 2 aromatic carbocycles. The van der Waals surface area contributed by atoms with Gasteiger partial charge in [-0.15, -0.1) is 0 Å². The van der Waals surface area contributed by atoms with E-state index in [2.05, 4.69) is 45.0 Å². The van der Waals surface area contributed by atoms with Crippen molar-refractivity contribution in [1.29, 1.82) is 0 Å². The second-order valence-electron chi connectivity index (χ2n) is 7.32. The van der Waals surface area contributed by atoms with Crippen LogP contribution in [0.4, 0.5) is 5.69 Å². The van der Waals surface area contributed by atoms with E-state index in [-0.39, 0.29) is 0 Å². The molecule has 3 heteroatoms. The van der Waals surface area contributed by atoms with Crippen LogP contribution in [0.3, 0.4) is 0 Å². The van der Waals surface area contributed by atoms with E-state index in [9.17, 15) is 0 Å². The van der Waals surface area contributed by atoms with Crippen molar-refractivity contribution in [2.24, 2.45) is 5.41 Å². The molecule has 0 atom stereocenters. The number of rotatable bonds is 8.